The monoisotopic (exact) mass is 1600 g/mol. The van der Waals surface area contributed by atoms with Gasteiger partial charge in [0.15, 0.2) is 0 Å². The second-order valence-corrected chi connectivity index (χ2v) is 30.6. The van der Waals surface area contributed by atoms with E-state index in [0.717, 1.165) is 24.5 Å². The molecule has 7 heteroatoms. The van der Waals surface area contributed by atoms with Gasteiger partial charge in [0.1, 0.15) is 0 Å². The molecule has 0 amide bonds. The second kappa shape index (κ2) is 29.4. The summed E-state index contributed by atoms with van der Waals surface area (Å²) >= 11 is 10.8. The van der Waals surface area contributed by atoms with Crippen molar-refractivity contribution in [1.82, 2.24) is 18.7 Å². The Morgan fingerprint density at radius 1 is 0.182 bits per heavy atom. The molecule has 21 rings (SSSR count). The minimum atomic E-state index is 1.08. The molecule has 110 heavy (non-hydrogen) atoms. The number of rotatable bonds is 10. The molecular weight excluding hydrogens is 1530 g/mol. The van der Waals surface area contributed by atoms with Crippen LogP contribution in [-0.2, 0) is 0 Å². The molecule has 0 fully saturated rings. The highest BCUT2D eigenvalue weighted by molar-refractivity contribution is 9.11. The molecule has 0 bridgehead atoms. The number of fused-ring (bicyclic) bond motifs is 11. The maximum Gasteiger partial charge on any atom is 0.0547 e. The molecule has 4 nitrogen and oxygen atoms in total. The molecule has 0 aliphatic rings. The van der Waals surface area contributed by atoms with E-state index in [9.17, 15) is 0 Å². The molecule has 0 unspecified atom stereocenters. The molecule has 0 aliphatic heterocycles. The fraction of sp³-hybridized carbons (Fsp3) is 0. The molecule has 0 aliphatic carbocycles. The Morgan fingerprint density at radius 2 is 0.509 bits per heavy atom. The zero-order valence-corrected chi connectivity index (χ0v) is 64.4. The third-order valence-electron chi connectivity index (χ3n) is 21.2. The average molecular weight is 1600 g/mol. The summed E-state index contributed by atoms with van der Waals surface area (Å²) in [4.78, 5) is 4.34. The lowest BCUT2D eigenvalue weighted by molar-refractivity contribution is 1.18. The van der Waals surface area contributed by atoms with Crippen molar-refractivity contribution in [2.75, 3.05) is 0 Å². The van der Waals surface area contributed by atoms with E-state index in [1.165, 1.54) is 171 Å². The van der Waals surface area contributed by atoms with E-state index >= 15 is 0 Å². The first-order valence-corrected chi connectivity index (χ1v) is 39.3. The predicted molar refractivity (Wildman–Crippen MR) is 476 cm³/mol. The fourth-order valence-corrected chi connectivity index (χ4v) is 17.2. The van der Waals surface area contributed by atoms with Crippen molar-refractivity contribution < 1.29 is 0 Å². The zero-order chi connectivity index (χ0) is 73.6. The number of aromatic nitrogens is 4. The van der Waals surface area contributed by atoms with E-state index in [4.69, 9.17) is 0 Å². The van der Waals surface area contributed by atoms with Gasteiger partial charge < -0.3 is 13.7 Å². The number of para-hydroxylation sites is 3. The molecule has 0 saturated heterocycles. The minimum Gasteiger partial charge on any atom is -0.309 e. The number of pyridine rings is 1. The highest BCUT2D eigenvalue weighted by Gasteiger charge is 2.19. The van der Waals surface area contributed by atoms with Gasteiger partial charge in [0.25, 0.3) is 0 Å². The van der Waals surface area contributed by atoms with Crippen LogP contribution in [0.4, 0.5) is 0 Å². The van der Waals surface area contributed by atoms with Crippen LogP contribution in [0.3, 0.4) is 0 Å². The molecule has 0 N–H and O–H groups in total. The van der Waals surface area contributed by atoms with Crippen LogP contribution < -0.4 is 0 Å². The van der Waals surface area contributed by atoms with Gasteiger partial charge in [0, 0.05) is 80.3 Å². The normalized spacial score (nSPS) is 11.4. The average Bonchev–Trinajstić information content (AvgIpc) is 1.47. The summed E-state index contributed by atoms with van der Waals surface area (Å²) in [7, 11) is 0. The van der Waals surface area contributed by atoms with Crippen LogP contribution >= 0.6 is 47.8 Å². The molecule has 0 atom stereocenters. The van der Waals surface area contributed by atoms with Crippen LogP contribution in [0.2, 0.25) is 0 Å². The summed E-state index contributed by atoms with van der Waals surface area (Å²) in [6.45, 7) is 0. The zero-order valence-electron chi connectivity index (χ0n) is 59.6. The minimum absolute atomic E-state index is 1.08. The molecule has 0 spiro atoms. The third kappa shape index (κ3) is 13.1. The molecule has 520 valence electrons. The highest BCUT2D eigenvalue weighted by Crippen LogP contribution is 2.42. The summed E-state index contributed by atoms with van der Waals surface area (Å²) in [5.41, 5.74) is 27.7. The van der Waals surface area contributed by atoms with E-state index in [1.807, 2.05) is 12.4 Å². The van der Waals surface area contributed by atoms with Crippen molar-refractivity contribution in [2.24, 2.45) is 0 Å². The second-order valence-electron chi connectivity index (χ2n) is 27.8. The van der Waals surface area contributed by atoms with Crippen LogP contribution in [0.1, 0.15) is 0 Å². The van der Waals surface area contributed by atoms with Gasteiger partial charge in [-0.1, -0.05) is 315 Å². The van der Waals surface area contributed by atoms with Crippen molar-refractivity contribution in [3.8, 4) is 95.0 Å². The SMILES string of the molecule is Brc1cccc(-c2cccc(-c3ccc4c5ccccc5n(-c5ccc(-c6ccccc6)cc5)c4c3)c2)c1.Brc1cccc(-c2cccc(-c3ccc4c5ccccc5n(-c5ccc6ccccc6c5)c4c3)c2)c1.Brc1cccc(-c2cccc(-c3ccc4c5ccccc5n(-c5cccc6cnccc56)c4c3)c2)c1. The molecule has 0 radical (unpaired) electrons. The number of halogens is 3. The smallest absolute Gasteiger partial charge is 0.0547 e. The van der Waals surface area contributed by atoms with E-state index in [2.05, 4.69) is 461 Å². The van der Waals surface area contributed by atoms with Gasteiger partial charge in [0.05, 0.1) is 38.8 Å². The third-order valence-corrected chi connectivity index (χ3v) is 22.7. The largest absolute Gasteiger partial charge is 0.309 e. The van der Waals surface area contributed by atoms with Gasteiger partial charge in [-0.3, -0.25) is 4.98 Å². The summed E-state index contributed by atoms with van der Waals surface area (Å²) < 4.78 is 10.5. The fourth-order valence-electron chi connectivity index (χ4n) is 16.0. The predicted octanol–water partition coefficient (Wildman–Crippen LogP) is 30.0. The Morgan fingerprint density at radius 3 is 0.982 bits per heavy atom. The van der Waals surface area contributed by atoms with E-state index in [1.54, 1.807) is 0 Å². The van der Waals surface area contributed by atoms with Crippen LogP contribution in [0.15, 0.2) is 420 Å². The van der Waals surface area contributed by atoms with Gasteiger partial charge in [0.2, 0.25) is 0 Å². The first kappa shape index (κ1) is 67.8. The van der Waals surface area contributed by atoms with Crippen LogP contribution in [0.25, 0.3) is 182 Å². The Balaban J connectivity index is 0.000000112. The van der Waals surface area contributed by atoms with Gasteiger partial charge in [-0.2, -0.15) is 0 Å². The topological polar surface area (TPSA) is 27.7 Å². The lowest BCUT2D eigenvalue weighted by atomic mass is 9.98. The first-order valence-electron chi connectivity index (χ1n) is 36.9. The number of nitrogens with zero attached hydrogens (tertiary/aromatic N) is 4. The van der Waals surface area contributed by atoms with Gasteiger partial charge in [-0.15, -0.1) is 0 Å². The van der Waals surface area contributed by atoms with Gasteiger partial charge in [-0.05, 0) is 216 Å². The number of hydrogen-bond donors (Lipinski definition) is 0. The first-order chi connectivity index (χ1) is 54.2. The summed E-state index contributed by atoms with van der Waals surface area (Å²) in [5, 5.41) is 12.4. The summed E-state index contributed by atoms with van der Waals surface area (Å²) in [6, 6.07) is 142. The lowest BCUT2D eigenvalue weighted by Gasteiger charge is -2.12. The van der Waals surface area contributed by atoms with Crippen molar-refractivity contribution >= 4 is 135 Å². The van der Waals surface area contributed by atoms with Crippen molar-refractivity contribution in [3.05, 3.63) is 420 Å². The Hall–Kier alpha value is -12.8. The van der Waals surface area contributed by atoms with E-state index < -0.39 is 0 Å². The van der Waals surface area contributed by atoms with Crippen LogP contribution in [-0.4, -0.2) is 18.7 Å². The Bertz CT molecular complexity index is 7080. The molecule has 4 aromatic heterocycles. The van der Waals surface area contributed by atoms with Crippen LogP contribution in [0, 0.1) is 0 Å². The standard InChI is InChI=1S/C36H24BrN.C34H22BrN.C33H21BrN2/c37-31-13-7-12-29(23-31)27-10-6-11-28(22-27)30-18-21-34-33-14-4-5-15-35(33)38(36(34)24-30)32-19-16-26(17-20-32)25-8-2-1-3-9-25;35-29-12-6-11-26(20-29)24-9-5-10-25(19-24)28-16-18-32-31-13-3-4-14-33(31)36(34(32)22-28)30-17-15-23-7-1-2-8-27(23)21-30;34-27-10-4-8-24(19-27)22-6-3-7-23(18-22)25-14-15-30-29-11-1-2-12-32(29)36(33(30)20-25)31-13-5-9-26-21-35-17-16-28(26)31/h1-24H;1-22H;1-21H. The number of hydrogen-bond acceptors (Lipinski definition) is 1. The van der Waals surface area contributed by atoms with Crippen molar-refractivity contribution in [1.29, 1.82) is 0 Å². The lowest BCUT2D eigenvalue weighted by Crippen LogP contribution is -1.95. The number of benzene rings is 17. The van der Waals surface area contributed by atoms with Crippen LogP contribution in [0.5, 0.6) is 0 Å². The van der Waals surface area contributed by atoms with Gasteiger partial charge in [-0.25, -0.2) is 0 Å². The maximum atomic E-state index is 4.34. The highest BCUT2D eigenvalue weighted by atomic mass is 79.9. The molecule has 0 saturated carbocycles. The summed E-state index contributed by atoms with van der Waals surface area (Å²) in [6.07, 6.45) is 3.81. The Kier molecular flexibility index (Phi) is 18.1. The van der Waals surface area contributed by atoms with E-state index in [-0.39, 0.29) is 0 Å². The van der Waals surface area contributed by atoms with Gasteiger partial charge >= 0.3 is 0 Å². The van der Waals surface area contributed by atoms with Crippen molar-refractivity contribution in [2.45, 2.75) is 0 Å². The quantitative estimate of drug-likeness (QED) is 0.134. The van der Waals surface area contributed by atoms with E-state index in [0.29, 0.717) is 0 Å². The molecular formula is C103H67Br3N4. The van der Waals surface area contributed by atoms with Crippen molar-refractivity contribution in [3.63, 3.8) is 0 Å². The summed E-state index contributed by atoms with van der Waals surface area (Å²) in [5.74, 6) is 0. The molecule has 17 aromatic carbocycles. The molecule has 21 aromatic rings. The molecule has 4 heterocycles. The maximum absolute atomic E-state index is 4.34. The Labute approximate surface area is 663 Å².